The summed E-state index contributed by atoms with van der Waals surface area (Å²) in [6.45, 7) is 5.90. The van der Waals surface area contributed by atoms with Gasteiger partial charge in [0.25, 0.3) is 0 Å². The minimum absolute atomic E-state index is 1.09. The molecule has 1 fully saturated rings. The van der Waals surface area contributed by atoms with Crippen LogP contribution in [0.2, 0.25) is 0 Å². The van der Waals surface area contributed by atoms with Crippen molar-refractivity contribution < 1.29 is 0 Å². The van der Waals surface area contributed by atoms with Gasteiger partial charge < -0.3 is 0 Å². The highest BCUT2D eigenvalue weighted by Gasteiger charge is 2.14. The maximum Gasteiger partial charge on any atom is 0.0596 e. The number of piperazine rings is 1. The van der Waals surface area contributed by atoms with Crippen LogP contribution in [-0.4, -0.2) is 51.0 Å². The summed E-state index contributed by atoms with van der Waals surface area (Å²) in [6.07, 6.45) is 0. The smallest absolute Gasteiger partial charge is 0.0596 e. The van der Waals surface area contributed by atoms with Gasteiger partial charge in [-0.05, 0) is 7.05 Å². The van der Waals surface area contributed by atoms with E-state index in [0.29, 0.717) is 0 Å². The van der Waals surface area contributed by atoms with Crippen molar-refractivity contribution in [2.24, 2.45) is 0 Å². The molecule has 1 heterocycles. The quantitative estimate of drug-likeness (QED) is 0.526. The zero-order valence-corrected chi connectivity index (χ0v) is 10.9. The van der Waals surface area contributed by atoms with Crippen molar-refractivity contribution in [3.63, 3.8) is 0 Å². The van der Waals surface area contributed by atoms with Gasteiger partial charge in [0, 0.05) is 71.9 Å². The SMILES string of the molecule is CN(I)CN1CCN(I)CC1. The molecule has 0 aromatic heterocycles. The zero-order chi connectivity index (χ0) is 8.27. The van der Waals surface area contributed by atoms with E-state index < -0.39 is 0 Å². The van der Waals surface area contributed by atoms with E-state index in [4.69, 9.17) is 0 Å². The summed E-state index contributed by atoms with van der Waals surface area (Å²) in [5.41, 5.74) is 0. The fourth-order valence-electron chi connectivity index (χ4n) is 1.14. The predicted octanol–water partition coefficient (Wildman–Crippen LogP) is 1.19. The van der Waals surface area contributed by atoms with Crippen LogP contribution in [-0.2, 0) is 0 Å². The summed E-state index contributed by atoms with van der Waals surface area (Å²) in [6, 6.07) is 0. The first kappa shape index (κ1) is 10.4. The second kappa shape index (κ2) is 5.15. The van der Waals surface area contributed by atoms with Crippen molar-refractivity contribution in [2.75, 3.05) is 39.9 Å². The van der Waals surface area contributed by atoms with Gasteiger partial charge in [0.2, 0.25) is 0 Å². The molecule has 0 unspecified atom stereocenters. The van der Waals surface area contributed by atoms with E-state index in [9.17, 15) is 0 Å². The lowest BCUT2D eigenvalue weighted by molar-refractivity contribution is 0.174. The average Bonchev–Trinajstić information content (AvgIpc) is 1.93. The highest BCUT2D eigenvalue weighted by molar-refractivity contribution is 14.1. The van der Waals surface area contributed by atoms with Gasteiger partial charge in [0.15, 0.2) is 0 Å². The molecule has 0 aliphatic carbocycles. The summed E-state index contributed by atoms with van der Waals surface area (Å²) in [7, 11) is 2.11. The number of hydrogen-bond donors (Lipinski definition) is 0. The van der Waals surface area contributed by atoms with Gasteiger partial charge in [-0.3, -0.25) is 4.90 Å². The Morgan fingerprint density at radius 1 is 1.27 bits per heavy atom. The molecule has 0 amide bonds. The lowest BCUT2D eigenvalue weighted by Crippen LogP contribution is -2.44. The van der Waals surface area contributed by atoms with E-state index in [-0.39, 0.29) is 0 Å². The van der Waals surface area contributed by atoms with Crippen LogP contribution in [0.5, 0.6) is 0 Å². The predicted molar refractivity (Wildman–Crippen MR) is 63.8 cm³/mol. The summed E-state index contributed by atoms with van der Waals surface area (Å²) in [4.78, 5) is 2.47. The number of hydrogen-bond acceptors (Lipinski definition) is 3. The van der Waals surface area contributed by atoms with Crippen molar-refractivity contribution in [1.82, 2.24) is 11.1 Å². The monoisotopic (exact) mass is 381 g/mol. The van der Waals surface area contributed by atoms with E-state index in [0.717, 1.165) is 6.67 Å². The molecule has 11 heavy (non-hydrogen) atoms. The van der Waals surface area contributed by atoms with E-state index >= 15 is 0 Å². The van der Waals surface area contributed by atoms with Crippen molar-refractivity contribution in [3.8, 4) is 0 Å². The van der Waals surface area contributed by atoms with E-state index in [1.165, 1.54) is 26.2 Å². The van der Waals surface area contributed by atoms with Crippen LogP contribution >= 0.6 is 45.7 Å². The Bertz CT molecular complexity index is 112. The Labute approximate surface area is 96.1 Å². The normalized spacial score (nSPS) is 22.9. The second-order valence-electron chi connectivity index (χ2n) is 2.77. The van der Waals surface area contributed by atoms with Crippen molar-refractivity contribution in [2.45, 2.75) is 0 Å². The lowest BCUT2D eigenvalue weighted by atomic mass is 10.4. The summed E-state index contributed by atoms with van der Waals surface area (Å²) >= 11 is 4.72. The van der Waals surface area contributed by atoms with Gasteiger partial charge in [0.1, 0.15) is 0 Å². The summed E-state index contributed by atoms with van der Waals surface area (Å²) in [5, 5.41) is 0. The molecule has 0 aromatic rings. The van der Waals surface area contributed by atoms with Crippen molar-refractivity contribution in [1.29, 1.82) is 0 Å². The van der Waals surface area contributed by atoms with Gasteiger partial charge >= 0.3 is 0 Å². The highest BCUT2D eigenvalue weighted by Crippen LogP contribution is 2.07. The molecule has 66 valence electrons. The first-order chi connectivity index (χ1) is 5.18. The molecule has 0 bridgehead atoms. The minimum Gasteiger partial charge on any atom is -0.287 e. The fourth-order valence-corrected chi connectivity index (χ4v) is 2.00. The molecule has 0 radical (unpaired) electrons. The molecular weight excluding hydrogens is 368 g/mol. The molecule has 1 aliphatic rings. The topological polar surface area (TPSA) is 9.72 Å². The van der Waals surface area contributed by atoms with E-state index in [1.807, 2.05) is 0 Å². The first-order valence-electron chi connectivity index (χ1n) is 3.68. The number of rotatable bonds is 2. The van der Waals surface area contributed by atoms with Crippen LogP contribution in [0.15, 0.2) is 0 Å². The third kappa shape index (κ3) is 4.20. The molecule has 0 atom stereocenters. The maximum atomic E-state index is 2.47. The van der Waals surface area contributed by atoms with Crippen LogP contribution in [0.1, 0.15) is 0 Å². The van der Waals surface area contributed by atoms with Gasteiger partial charge in [-0.1, -0.05) is 0 Å². The molecule has 0 aromatic carbocycles. The highest BCUT2D eigenvalue weighted by atomic mass is 127. The molecule has 5 heteroatoms. The number of halogens is 2. The maximum absolute atomic E-state index is 2.47. The molecular formula is C6H13I2N3. The third-order valence-corrected chi connectivity index (χ3v) is 2.98. The van der Waals surface area contributed by atoms with Gasteiger partial charge in [0.05, 0.1) is 6.67 Å². The summed E-state index contributed by atoms with van der Waals surface area (Å²) < 4.78 is 4.54. The summed E-state index contributed by atoms with van der Waals surface area (Å²) in [5.74, 6) is 0. The van der Waals surface area contributed by atoms with Crippen LogP contribution in [0.4, 0.5) is 0 Å². The Balaban J connectivity index is 2.17. The van der Waals surface area contributed by atoms with E-state index in [1.54, 1.807) is 0 Å². The molecule has 0 spiro atoms. The Kier molecular flexibility index (Phi) is 4.88. The standard InChI is InChI=1S/C6H13I2N3/c1-9(7)6-10-2-4-11(8)5-3-10/h2-6H2,1H3. The molecule has 1 saturated heterocycles. The van der Waals surface area contributed by atoms with Crippen LogP contribution in [0, 0.1) is 0 Å². The number of nitrogens with zero attached hydrogens (tertiary/aromatic N) is 3. The minimum atomic E-state index is 1.09. The molecule has 1 aliphatic heterocycles. The van der Waals surface area contributed by atoms with Crippen molar-refractivity contribution in [3.05, 3.63) is 0 Å². The largest absolute Gasteiger partial charge is 0.287 e. The second-order valence-corrected chi connectivity index (χ2v) is 5.79. The van der Waals surface area contributed by atoms with Gasteiger partial charge in [-0.2, -0.15) is 0 Å². The Morgan fingerprint density at radius 2 is 1.82 bits per heavy atom. The Morgan fingerprint density at radius 3 is 2.27 bits per heavy atom. The Hall–Kier alpha value is 1.34. The first-order valence-corrected chi connectivity index (χ1v) is 5.61. The molecule has 1 rings (SSSR count). The molecule has 3 nitrogen and oxygen atoms in total. The zero-order valence-electron chi connectivity index (χ0n) is 6.63. The van der Waals surface area contributed by atoms with Gasteiger partial charge in [-0.15, -0.1) is 0 Å². The lowest BCUT2D eigenvalue weighted by Gasteiger charge is -2.32. The van der Waals surface area contributed by atoms with Crippen LogP contribution in [0.3, 0.4) is 0 Å². The molecule has 0 saturated carbocycles. The van der Waals surface area contributed by atoms with Crippen LogP contribution in [0.25, 0.3) is 0 Å². The van der Waals surface area contributed by atoms with Crippen LogP contribution < -0.4 is 0 Å². The molecule has 0 N–H and O–H groups in total. The fraction of sp³-hybridized carbons (Fsp3) is 1.00. The average molecular weight is 381 g/mol. The third-order valence-electron chi connectivity index (χ3n) is 1.71. The van der Waals surface area contributed by atoms with Gasteiger partial charge in [-0.25, -0.2) is 6.23 Å². The van der Waals surface area contributed by atoms with E-state index in [2.05, 4.69) is 63.9 Å². The van der Waals surface area contributed by atoms with Crippen molar-refractivity contribution >= 4 is 45.7 Å².